The number of ether oxygens (including phenoxy) is 1. The molecule has 0 amide bonds. The third-order valence-electron chi connectivity index (χ3n) is 2.42. The molecule has 0 aliphatic heterocycles. The van der Waals surface area contributed by atoms with Crippen LogP contribution >= 0.6 is 11.6 Å². The lowest BCUT2D eigenvalue weighted by Gasteiger charge is -2.05. The number of hydrogen-bond donors (Lipinski definition) is 1. The molecule has 92 valence electrons. The van der Waals surface area contributed by atoms with Crippen molar-refractivity contribution >= 4 is 11.6 Å². The van der Waals surface area contributed by atoms with Crippen LogP contribution in [0.4, 0.5) is 0 Å². The van der Waals surface area contributed by atoms with E-state index in [1.807, 2.05) is 0 Å². The van der Waals surface area contributed by atoms with Crippen molar-refractivity contribution in [2.24, 2.45) is 5.92 Å². The van der Waals surface area contributed by atoms with Crippen LogP contribution in [0, 0.1) is 5.92 Å². The van der Waals surface area contributed by atoms with Crippen LogP contribution in [0.5, 0.6) is 0 Å². The zero-order chi connectivity index (χ0) is 12.1. The first-order valence-corrected chi connectivity index (χ1v) is 5.81. The quantitative estimate of drug-likeness (QED) is 0.837. The molecule has 1 N–H and O–H groups in total. The van der Waals surface area contributed by atoms with Crippen molar-refractivity contribution in [2.45, 2.75) is 40.0 Å². The van der Waals surface area contributed by atoms with Gasteiger partial charge in [-0.05, 0) is 12.3 Å². The standard InChI is InChI=1S/C11H19ClN2O2/c1-8(2)4-5-14-11(12)9(6-15)10(13-14)7-16-3/h8,15H,4-7H2,1-3H3. The van der Waals surface area contributed by atoms with Crippen LogP contribution in [-0.2, 0) is 24.5 Å². The summed E-state index contributed by atoms with van der Waals surface area (Å²) in [5, 5.41) is 14.1. The Morgan fingerprint density at radius 3 is 2.69 bits per heavy atom. The van der Waals surface area contributed by atoms with Crippen LogP contribution in [0.1, 0.15) is 31.5 Å². The maximum absolute atomic E-state index is 9.22. The van der Waals surface area contributed by atoms with Gasteiger partial charge < -0.3 is 9.84 Å². The molecule has 0 fully saturated rings. The van der Waals surface area contributed by atoms with Gasteiger partial charge >= 0.3 is 0 Å². The summed E-state index contributed by atoms with van der Waals surface area (Å²) in [7, 11) is 1.60. The molecule has 4 nitrogen and oxygen atoms in total. The number of nitrogens with zero attached hydrogens (tertiary/aromatic N) is 2. The first kappa shape index (κ1) is 13.5. The number of rotatable bonds is 6. The van der Waals surface area contributed by atoms with Gasteiger partial charge in [0.05, 0.1) is 18.9 Å². The Kier molecular flexibility index (Phi) is 5.25. The molecular formula is C11H19ClN2O2. The van der Waals surface area contributed by atoms with Crippen LogP contribution in [-0.4, -0.2) is 22.0 Å². The second-order valence-electron chi connectivity index (χ2n) is 4.21. The molecule has 0 atom stereocenters. The van der Waals surface area contributed by atoms with Gasteiger partial charge in [-0.25, -0.2) is 0 Å². The van der Waals surface area contributed by atoms with Gasteiger partial charge in [0.25, 0.3) is 0 Å². The number of aliphatic hydroxyl groups is 1. The molecule has 16 heavy (non-hydrogen) atoms. The van der Waals surface area contributed by atoms with Crippen molar-refractivity contribution in [3.63, 3.8) is 0 Å². The van der Waals surface area contributed by atoms with Gasteiger partial charge in [-0.1, -0.05) is 25.4 Å². The molecule has 0 aromatic carbocycles. The predicted octanol–water partition coefficient (Wildman–Crippen LogP) is 2.22. The summed E-state index contributed by atoms with van der Waals surface area (Å²) in [5.41, 5.74) is 1.39. The first-order valence-electron chi connectivity index (χ1n) is 5.44. The number of methoxy groups -OCH3 is 1. The fourth-order valence-corrected chi connectivity index (χ4v) is 1.75. The highest BCUT2D eigenvalue weighted by Crippen LogP contribution is 2.21. The lowest BCUT2D eigenvalue weighted by Crippen LogP contribution is -2.04. The number of hydrogen-bond acceptors (Lipinski definition) is 3. The van der Waals surface area contributed by atoms with Gasteiger partial charge in [0.15, 0.2) is 0 Å². The molecular weight excluding hydrogens is 228 g/mol. The van der Waals surface area contributed by atoms with Gasteiger partial charge in [0.2, 0.25) is 0 Å². The van der Waals surface area contributed by atoms with Crippen molar-refractivity contribution < 1.29 is 9.84 Å². The van der Waals surface area contributed by atoms with E-state index in [2.05, 4.69) is 18.9 Å². The van der Waals surface area contributed by atoms with Crippen molar-refractivity contribution in [1.29, 1.82) is 0 Å². The molecule has 0 aliphatic carbocycles. The summed E-state index contributed by atoms with van der Waals surface area (Å²) in [6.45, 7) is 5.36. The topological polar surface area (TPSA) is 47.3 Å². The van der Waals surface area contributed by atoms with Crippen LogP contribution in [0.3, 0.4) is 0 Å². The molecule has 1 aromatic rings. The van der Waals surface area contributed by atoms with Crippen molar-refractivity contribution in [2.75, 3.05) is 7.11 Å². The SMILES string of the molecule is COCc1nn(CCC(C)C)c(Cl)c1CO. The van der Waals surface area contributed by atoms with Gasteiger partial charge in [-0.15, -0.1) is 0 Å². The third kappa shape index (κ3) is 3.20. The molecule has 0 spiro atoms. The second-order valence-corrected chi connectivity index (χ2v) is 4.57. The normalized spacial score (nSPS) is 11.4. The number of aliphatic hydroxyl groups excluding tert-OH is 1. The van der Waals surface area contributed by atoms with Crippen LogP contribution in [0.25, 0.3) is 0 Å². The van der Waals surface area contributed by atoms with Crippen LogP contribution in [0.15, 0.2) is 0 Å². The summed E-state index contributed by atoms with van der Waals surface area (Å²) >= 11 is 6.13. The molecule has 5 heteroatoms. The maximum atomic E-state index is 9.22. The van der Waals surface area contributed by atoms with E-state index >= 15 is 0 Å². The lowest BCUT2D eigenvalue weighted by atomic mass is 10.1. The average molecular weight is 247 g/mol. The Morgan fingerprint density at radius 2 is 2.19 bits per heavy atom. The highest BCUT2D eigenvalue weighted by molar-refractivity contribution is 6.30. The fraction of sp³-hybridized carbons (Fsp3) is 0.727. The van der Waals surface area contributed by atoms with Crippen LogP contribution < -0.4 is 0 Å². The Morgan fingerprint density at radius 1 is 1.50 bits per heavy atom. The first-order chi connectivity index (χ1) is 7.60. The molecule has 0 unspecified atom stereocenters. The predicted molar refractivity (Wildman–Crippen MR) is 63.3 cm³/mol. The van der Waals surface area contributed by atoms with Crippen LogP contribution in [0.2, 0.25) is 5.15 Å². The van der Waals surface area contributed by atoms with E-state index in [-0.39, 0.29) is 6.61 Å². The zero-order valence-corrected chi connectivity index (χ0v) is 10.8. The molecule has 1 rings (SSSR count). The molecule has 0 radical (unpaired) electrons. The smallest absolute Gasteiger partial charge is 0.132 e. The average Bonchev–Trinajstić information content (AvgIpc) is 2.52. The Balaban J connectivity index is 2.84. The van der Waals surface area contributed by atoms with E-state index in [1.165, 1.54) is 0 Å². The molecule has 1 aromatic heterocycles. The summed E-state index contributed by atoms with van der Waals surface area (Å²) in [5.74, 6) is 0.601. The molecule has 0 saturated heterocycles. The molecule has 0 bridgehead atoms. The summed E-state index contributed by atoms with van der Waals surface area (Å²) in [4.78, 5) is 0. The maximum Gasteiger partial charge on any atom is 0.132 e. The van der Waals surface area contributed by atoms with E-state index < -0.39 is 0 Å². The van der Waals surface area contributed by atoms with Crippen molar-refractivity contribution in [1.82, 2.24) is 9.78 Å². The van der Waals surface area contributed by atoms with E-state index in [0.29, 0.717) is 23.2 Å². The van der Waals surface area contributed by atoms with Crippen molar-refractivity contribution in [3.8, 4) is 0 Å². The monoisotopic (exact) mass is 246 g/mol. The lowest BCUT2D eigenvalue weighted by molar-refractivity contribution is 0.177. The minimum absolute atomic E-state index is 0.0980. The number of halogens is 1. The summed E-state index contributed by atoms with van der Waals surface area (Å²) in [6.07, 6.45) is 1.01. The Bertz CT molecular complexity index is 337. The third-order valence-corrected chi connectivity index (χ3v) is 2.85. The van der Waals surface area contributed by atoms with E-state index in [0.717, 1.165) is 18.7 Å². The summed E-state index contributed by atoms with van der Waals surface area (Å²) < 4.78 is 6.76. The minimum Gasteiger partial charge on any atom is -0.391 e. The van der Waals surface area contributed by atoms with E-state index in [1.54, 1.807) is 11.8 Å². The molecule has 0 saturated carbocycles. The number of aryl methyl sites for hydroxylation is 1. The molecule has 1 heterocycles. The number of aromatic nitrogens is 2. The van der Waals surface area contributed by atoms with Crippen molar-refractivity contribution in [3.05, 3.63) is 16.4 Å². The fourth-order valence-electron chi connectivity index (χ4n) is 1.46. The second kappa shape index (κ2) is 6.23. The van der Waals surface area contributed by atoms with E-state index in [9.17, 15) is 5.11 Å². The van der Waals surface area contributed by atoms with Gasteiger partial charge in [-0.2, -0.15) is 5.10 Å². The zero-order valence-electron chi connectivity index (χ0n) is 10.0. The van der Waals surface area contributed by atoms with Gasteiger partial charge in [0, 0.05) is 19.2 Å². The largest absolute Gasteiger partial charge is 0.391 e. The minimum atomic E-state index is -0.0980. The highest BCUT2D eigenvalue weighted by atomic mass is 35.5. The van der Waals surface area contributed by atoms with Gasteiger partial charge in [0.1, 0.15) is 5.15 Å². The summed E-state index contributed by atoms with van der Waals surface area (Å²) in [6, 6.07) is 0. The Labute approximate surface area is 101 Å². The van der Waals surface area contributed by atoms with Gasteiger partial charge in [-0.3, -0.25) is 4.68 Å². The molecule has 0 aliphatic rings. The van der Waals surface area contributed by atoms with E-state index in [4.69, 9.17) is 16.3 Å². The highest BCUT2D eigenvalue weighted by Gasteiger charge is 2.15. The Hall–Kier alpha value is -0.580.